The van der Waals surface area contributed by atoms with E-state index in [0.29, 0.717) is 6.42 Å². The second-order valence-electron chi connectivity index (χ2n) is 5.74. The molecule has 0 heterocycles. The number of hydrogen-bond donors (Lipinski definition) is 0. The lowest BCUT2D eigenvalue weighted by molar-refractivity contribution is -0.143. The van der Waals surface area contributed by atoms with Gasteiger partial charge in [0.2, 0.25) is 0 Å². The lowest BCUT2D eigenvalue weighted by atomic mass is 10.0. The zero-order chi connectivity index (χ0) is 19.8. The summed E-state index contributed by atoms with van der Waals surface area (Å²) in [6, 6.07) is 9.37. The Morgan fingerprint density at radius 2 is 2.04 bits per heavy atom. The summed E-state index contributed by atoms with van der Waals surface area (Å²) in [5.41, 5.74) is -0.116. The maximum absolute atomic E-state index is 13.6. The van der Waals surface area contributed by atoms with Crippen LogP contribution in [0.2, 0.25) is 0 Å². The molecule has 0 fully saturated rings. The summed E-state index contributed by atoms with van der Waals surface area (Å²) in [6.07, 6.45) is -2.16. The number of halogens is 3. The Kier molecular flexibility index (Phi) is 7.24. The van der Waals surface area contributed by atoms with Crippen LogP contribution in [0.15, 0.2) is 36.4 Å². The molecule has 2 aromatic carbocycles. The second-order valence-corrected chi connectivity index (χ2v) is 5.74. The highest BCUT2D eigenvalue weighted by molar-refractivity contribution is 5.69. The fourth-order valence-electron chi connectivity index (χ4n) is 2.48. The molecule has 0 spiro atoms. The molecule has 0 atom stereocenters. The van der Waals surface area contributed by atoms with Crippen LogP contribution in [0.4, 0.5) is 13.2 Å². The molecule has 0 saturated carbocycles. The number of aryl methyl sites for hydroxylation is 1. The molecule has 0 amide bonds. The third kappa shape index (κ3) is 5.74. The van der Waals surface area contributed by atoms with E-state index in [1.165, 1.54) is 24.3 Å². The number of nitriles is 1. The van der Waals surface area contributed by atoms with E-state index in [1.54, 1.807) is 6.07 Å². The van der Waals surface area contributed by atoms with Crippen LogP contribution in [-0.4, -0.2) is 12.6 Å². The van der Waals surface area contributed by atoms with E-state index >= 15 is 0 Å². The normalized spacial score (nSPS) is 10.5. The third-order valence-electron chi connectivity index (χ3n) is 3.67. The van der Waals surface area contributed by atoms with Crippen molar-refractivity contribution in [3.8, 4) is 17.6 Å². The Balaban J connectivity index is 2.26. The molecule has 0 N–H and O–H groups in total. The van der Waals surface area contributed by atoms with Gasteiger partial charge >= 0.3 is 5.97 Å². The number of esters is 1. The van der Waals surface area contributed by atoms with E-state index < -0.39 is 18.2 Å². The first-order valence-electron chi connectivity index (χ1n) is 8.38. The quantitative estimate of drug-likeness (QED) is 0.585. The Labute approximate surface area is 155 Å². The summed E-state index contributed by atoms with van der Waals surface area (Å²) in [5.74, 6) is -1.39. The Bertz CT molecular complexity index is 847. The first-order chi connectivity index (χ1) is 12.9. The average Bonchev–Trinajstić information content (AvgIpc) is 2.63. The Morgan fingerprint density at radius 3 is 2.70 bits per heavy atom. The molecular weight excluding hydrogens is 359 g/mol. The standard InChI is InChI=1S/C20H18F3NO3/c1-2-8-26-18(25)7-6-14-4-3-5-17(19(14)20(22)23)27-16-10-13(12-24)9-15(21)11-16/h3-5,9-11,20H,2,6-8H2,1H3. The van der Waals surface area contributed by atoms with E-state index in [4.69, 9.17) is 14.7 Å². The van der Waals surface area contributed by atoms with Gasteiger partial charge in [-0.25, -0.2) is 13.2 Å². The molecule has 0 unspecified atom stereocenters. The van der Waals surface area contributed by atoms with E-state index in [0.717, 1.165) is 12.1 Å². The van der Waals surface area contributed by atoms with Gasteiger partial charge in [-0.05, 0) is 36.6 Å². The third-order valence-corrected chi connectivity index (χ3v) is 3.67. The molecule has 0 aromatic heterocycles. The van der Waals surface area contributed by atoms with Gasteiger partial charge in [0, 0.05) is 12.5 Å². The number of carbonyl (C=O) groups is 1. The summed E-state index contributed by atoms with van der Waals surface area (Å²) < 4.78 is 51.1. The average molecular weight is 377 g/mol. The topological polar surface area (TPSA) is 59.3 Å². The van der Waals surface area contributed by atoms with Crippen LogP contribution in [0.3, 0.4) is 0 Å². The highest BCUT2D eigenvalue weighted by Crippen LogP contribution is 2.36. The molecule has 2 aromatic rings. The summed E-state index contributed by atoms with van der Waals surface area (Å²) >= 11 is 0. The molecule has 0 bridgehead atoms. The number of hydrogen-bond acceptors (Lipinski definition) is 4. The number of carbonyl (C=O) groups excluding carboxylic acids is 1. The first-order valence-corrected chi connectivity index (χ1v) is 8.38. The van der Waals surface area contributed by atoms with Crippen LogP contribution < -0.4 is 4.74 Å². The van der Waals surface area contributed by atoms with Gasteiger partial charge in [0.25, 0.3) is 6.43 Å². The van der Waals surface area contributed by atoms with Crippen molar-refractivity contribution in [2.24, 2.45) is 0 Å². The van der Waals surface area contributed by atoms with Crippen LogP contribution in [0, 0.1) is 17.1 Å². The number of benzene rings is 2. The van der Waals surface area contributed by atoms with E-state index in [9.17, 15) is 18.0 Å². The van der Waals surface area contributed by atoms with Gasteiger partial charge in [-0.2, -0.15) is 5.26 Å². The molecule has 0 aliphatic carbocycles. The highest BCUT2D eigenvalue weighted by Gasteiger charge is 2.20. The number of nitrogens with zero attached hydrogens (tertiary/aromatic N) is 1. The second kappa shape index (κ2) is 9.62. The lowest BCUT2D eigenvalue weighted by Crippen LogP contribution is -2.08. The fraction of sp³-hybridized carbons (Fsp3) is 0.300. The molecule has 0 aliphatic heterocycles. The summed E-state index contributed by atoms with van der Waals surface area (Å²) in [6.45, 7) is 2.14. The van der Waals surface area contributed by atoms with Gasteiger partial charge < -0.3 is 9.47 Å². The van der Waals surface area contributed by atoms with Crippen molar-refractivity contribution < 1.29 is 27.4 Å². The van der Waals surface area contributed by atoms with Crippen LogP contribution >= 0.6 is 0 Å². The van der Waals surface area contributed by atoms with Crippen LogP contribution in [-0.2, 0) is 16.0 Å². The van der Waals surface area contributed by atoms with Crippen molar-refractivity contribution in [3.63, 3.8) is 0 Å². The zero-order valence-corrected chi connectivity index (χ0v) is 14.7. The molecule has 4 nitrogen and oxygen atoms in total. The maximum atomic E-state index is 13.6. The Hall–Kier alpha value is -3.01. The van der Waals surface area contributed by atoms with Crippen LogP contribution in [0.25, 0.3) is 0 Å². The molecule has 0 radical (unpaired) electrons. The molecule has 0 aliphatic rings. The number of alkyl halides is 2. The summed E-state index contributed by atoms with van der Waals surface area (Å²) in [7, 11) is 0. The SMILES string of the molecule is CCCOC(=O)CCc1cccc(Oc2cc(F)cc(C#N)c2)c1C(F)F. The van der Waals surface area contributed by atoms with Gasteiger partial charge in [-0.15, -0.1) is 0 Å². The Morgan fingerprint density at radius 1 is 1.26 bits per heavy atom. The summed E-state index contributed by atoms with van der Waals surface area (Å²) in [5, 5.41) is 8.89. The predicted octanol–water partition coefficient (Wildman–Crippen LogP) is 5.31. The van der Waals surface area contributed by atoms with Crippen molar-refractivity contribution in [3.05, 3.63) is 58.9 Å². The van der Waals surface area contributed by atoms with Crippen molar-refractivity contribution in [1.29, 1.82) is 5.26 Å². The lowest BCUT2D eigenvalue weighted by Gasteiger charge is -2.15. The van der Waals surface area contributed by atoms with E-state index in [-0.39, 0.29) is 47.6 Å². The maximum Gasteiger partial charge on any atom is 0.306 e. The predicted molar refractivity (Wildman–Crippen MR) is 92.2 cm³/mol. The zero-order valence-electron chi connectivity index (χ0n) is 14.7. The minimum absolute atomic E-state index is 0.0124. The molecule has 2 rings (SSSR count). The molecule has 27 heavy (non-hydrogen) atoms. The van der Waals surface area contributed by atoms with E-state index in [2.05, 4.69) is 0 Å². The number of ether oxygens (including phenoxy) is 2. The van der Waals surface area contributed by atoms with Gasteiger partial charge in [0.05, 0.1) is 23.8 Å². The van der Waals surface area contributed by atoms with Crippen molar-refractivity contribution >= 4 is 5.97 Å². The van der Waals surface area contributed by atoms with Gasteiger partial charge in [0.1, 0.15) is 17.3 Å². The number of rotatable bonds is 8. The van der Waals surface area contributed by atoms with Crippen LogP contribution in [0.1, 0.15) is 42.9 Å². The van der Waals surface area contributed by atoms with Crippen molar-refractivity contribution in [2.45, 2.75) is 32.6 Å². The van der Waals surface area contributed by atoms with Crippen molar-refractivity contribution in [2.75, 3.05) is 6.61 Å². The van der Waals surface area contributed by atoms with E-state index in [1.807, 2.05) is 6.92 Å². The molecular formula is C20H18F3NO3. The van der Waals surface area contributed by atoms with Gasteiger partial charge in [-0.1, -0.05) is 19.1 Å². The minimum Gasteiger partial charge on any atom is -0.466 e. The molecule has 142 valence electrons. The molecule has 7 heteroatoms. The smallest absolute Gasteiger partial charge is 0.306 e. The first kappa shape index (κ1) is 20.3. The monoisotopic (exact) mass is 377 g/mol. The largest absolute Gasteiger partial charge is 0.466 e. The van der Waals surface area contributed by atoms with Crippen molar-refractivity contribution in [1.82, 2.24) is 0 Å². The molecule has 0 saturated heterocycles. The highest BCUT2D eigenvalue weighted by atomic mass is 19.3. The minimum atomic E-state index is -2.85. The summed E-state index contributed by atoms with van der Waals surface area (Å²) in [4.78, 5) is 11.6. The van der Waals surface area contributed by atoms with Crippen LogP contribution in [0.5, 0.6) is 11.5 Å². The fourth-order valence-corrected chi connectivity index (χ4v) is 2.48. The van der Waals surface area contributed by atoms with Gasteiger partial charge in [-0.3, -0.25) is 4.79 Å². The van der Waals surface area contributed by atoms with Gasteiger partial charge in [0.15, 0.2) is 0 Å².